The van der Waals surface area contributed by atoms with E-state index in [-0.39, 0.29) is 17.9 Å². The highest BCUT2D eigenvalue weighted by Crippen LogP contribution is 2.24. The molecule has 1 fully saturated rings. The summed E-state index contributed by atoms with van der Waals surface area (Å²) in [5, 5.41) is 4.53. The number of halogens is 1. The molecule has 88 valence electrons. The second-order valence-electron chi connectivity index (χ2n) is 4.25. The average molecular weight is 243 g/mol. The molecular formula is C11H15ClN2O2. The first-order valence-corrected chi connectivity index (χ1v) is 5.88. The molecule has 0 aliphatic carbocycles. The number of rotatable bonds is 3. The van der Waals surface area contributed by atoms with Crippen molar-refractivity contribution in [3.8, 4) is 0 Å². The minimum absolute atomic E-state index is 0.0475. The number of carbonyl (C=O) groups is 1. The van der Waals surface area contributed by atoms with E-state index in [4.69, 9.17) is 16.3 Å². The van der Waals surface area contributed by atoms with Crippen LogP contribution in [-0.2, 0) is 4.74 Å². The van der Waals surface area contributed by atoms with Gasteiger partial charge in [0.25, 0.3) is 0 Å². The summed E-state index contributed by atoms with van der Waals surface area (Å²) in [6.07, 6.45) is 2.89. The maximum absolute atomic E-state index is 12.2. The quantitative estimate of drug-likeness (QED) is 0.765. The zero-order chi connectivity index (χ0) is 11.7. The zero-order valence-electron chi connectivity index (χ0n) is 9.44. The molecule has 1 aromatic heterocycles. The predicted octanol–water partition coefficient (Wildman–Crippen LogP) is 2.48. The Kier molecular flexibility index (Phi) is 3.30. The van der Waals surface area contributed by atoms with E-state index in [0.717, 1.165) is 12.8 Å². The first kappa shape index (κ1) is 11.6. The zero-order valence-corrected chi connectivity index (χ0v) is 10.2. The number of nitrogens with zero attached hydrogens (tertiary/aromatic N) is 2. The number of Topliss-reactive ketones (excluding diaryl/α,β-unsaturated/α-hetero) is 1. The fourth-order valence-electron chi connectivity index (χ4n) is 1.90. The van der Waals surface area contributed by atoms with Crippen LogP contribution in [0, 0.1) is 0 Å². The van der Waals surface area contributed by atoms with Gasteiger partial charge in [0.05, 0.1) is 11.2 Å². The van der Waals surface area contributed by atoms with Crippen LogP contribution >= 0.6 is 11.6 Å². The molecule has 5 heteroatoms. The highest BCUT2D eigenvalue weighted by atomic mass is 35.5. The SMILES string of the molecule is CC(C)n1ncc(Cl)c1C(=O)C1CCCO1. The fraction of sp³-hybridized carbons (Fsp3) is 0.636. The topological polar surface area (TPSA) is 44.1 Å². The molecule has 2 heterocycles. The molecule has 1 aromatic rings. The van der Waals surface area contributed by atoms with Gasteiger partial charge in [0.1, 0.15) is 11.8 Å². The van der Waals surface area contributed by atoms with E-state index in [0.29, 0.717) is 17.3 Å². The van der Waals surface area contributed by atoms with Gasteiger partial charge in [-0.3, -0.25) is 9.48 Å². The van der Waals surface area contributed by atoms with Gasteiger partial charge in [-0.05, 0) is 26.7 Å². The third-order valence-corrected chi connectivity index (χ3v) is 2.97. The Morgan fingerprint density at radius 1 is 1.69 bits per heavy atom. The van der Waals surface area contributed by atoms with E-state index in [1.807, 2.05) is 13.8 Å². The molecule has 1 aliphatic rings. The molecule has 4 nitrogen and oxygen atoms in total. The predicted molar refractivity (Wildman–Crippen MR) is 60.9 cm³/mol. The van der Waals surface area contributed by atoms with E-state index in [1.165, 1.54) is 6.20 Å². The summed E-state index contributed by atoms with van der Waals surface area (Å²) < 4.78 is 7.04. The lowest BCUT2D eigenvalue weighted by molar-refractivity contribution is 0.0630. The molecular weight excluding hydrogens is 228 g/mol. The smallest absolute Gasteiger partial charge is 0.211 e. The van der Waals surface area contributed by atoms with Crippen molar-refractivity contribution in [3.63, 3.8) is 0 Å². The van der Waals surface area contributed by atoms with Gasteiger partial charge in [-0.25, -0.2) is 0 Å². The summed E-state index contributed by atoms with van der Waals surface area (Å²) in [6.45, 7) is 4.59. The Hall–Kier alpha value is -0.870. The van der Waals surface area contributed by atoms with Crippen LogP contribution < -0.4 is 0 Å². The van der Waals surface area contributed by atoms with E-state index >= 15 is 0 Å². The lowest BCUT2D eigenvalue weighted by Crippen LogP contribution is -2.24. The van der Waals surface area contributed by atoms with Crippen molar-refractivity contribution in [2.24, 2.45) is 0 Å². The lowest BCUT2D eigenvalue weighted by Gasteiger charge is -2.13. The van der Waals surface area contributed by atoms with Crippen molar-refractivity contribution in [1.29, 1.82) is 0 Å². The van der Waals surface area contributed by atoms with E-state index in [1.54, 1.807) is 4.68 Å². The molecule has 0 spiro atoms. The van der Waals surface area contributed by atoms with Crippen LogP contribution in [0.4, 0.5) is 0 Å². The van der Waals surface area contributed by atoms with Crippen LogP contribution in [0.25, 0.3) is 0 Å². The molecule has 1 atom stereocenters. The summed E-state index contributed by atoms with van der Waals surface area (Å²) in [6, 6.07) is 0.118. The number of hydrogen-bond donors (Lipinski definition) is 0. The summed E-state index contributed by atoms with van der Waals surface area (Å²) in [5.41, 5.74) is 0.476. The van der Waals surface area contributed by atoms with Crippen LogP contribution in [0.3, 0.4) is 0 Å². The maximum atomic E-state index is 12.2. The molecule has 0 bridgehead atoms. The fourth-order valence-corrected chi connectivity index (χ4v) is 2.12. The second kappa shape index (κ2) is 4.55. The van der Waals surface area contributed by atoms with Crippen molar-refractivity contribution < 1.29 is 9.53 Å². The Balaban J connectivity index is 2.31. The van der Waals surface area contributed by atoms with Crippen molar-refractivity contribution >= 4 is 17.4 Å². The van der Waals surface area contributed by atoms with Crippen molar-refractivity contribution in [3.05, 3.63) is 16.9 Å². The summed E-state index contributed by atoms with van der Waals surface area (Å²) in [5.74, 6) is -0.0475. The largest absolute Gasteiger partial charge is 0.370 e. The molecule has 1 unspecified atom stereocenters. The summed E-state index contributed by atoms with van der Waals surface area (Å²) in [4.78, 5) is 12.2. The van der Waals surface area contributed by atoms with E-state index in [2.05, 4.69) is 5.10 Å². The summed E-state index contributed by atoms with van der Waals surface area (Å²) in [7, 11) is 0. The molecule has 0 amide bonds. The Morgan fingerprint density at radius 2 is 2.44 bits per heavy atom. The number of carbonyl (C=O) groups excluding carboxylic acids is 1. The van der Waals surface area contributed by atoms with Crippen molar-refractivity contribution in [2.45, 2.75) is 38.8 Å². The lowest BCUT2D eigenvalue weighted by atomic mass is 10.1. The van der Waals surface area contributed by atoms with Crippen molar-refractivity contribution in [2.75, 3.05) is 6.61 Å². The molecule has 0 saturated carbocycles. The molecule has 0 N–H and O–H groups in total. The van der Waals surface area contributed by atoms with Crippen LogP contribution in [0.15, 0.2) is 6.20 Å². The summed E-state index contributed by atoms with van der Waals surface area (Å²) >= 11 is 6.00. The number of ketones is 1. The van der Waals surface area contributed by atoms with Gasteiger partial charge >= 0.3 is 0 Å². The minimum Gasteiger partial charge on any atom is -0.370 e. The molecule has 0 aromatic carbocycles. The van der Waals surface area contributed by atoms with E-state index in [9.17, 15) is 4.79 Å². The van der Waals surface area contributed by atoms with Gasteiger partial charge in [-0.15, -0.1) is 0 Å². The van der Waals surface area contributed by atoms with Crippen LogP contribution in [0.2, 0.25) is 5.02 Å². The van der Waals surface area contributed by atoms with Gasteiger partial charge in [0, 0.05) is 12.6 Å². The standard InChI is InChI=1S/C11H15ClN2O2/c1-7(2)14-10(8(12)6-13-14)11(15)9-4-3-5-16-9/h6-7,9H,3-5H2,1-2H3. The second-order valence-corrected chi connectivity index (χ2v) is 4.65. The minimum atomic E-state index is -0.341. The van der Waals surface area contributed by atoms with E-state index < -0.39 is 0 Å². The van der Waals surface area contributed by atoms with Crippen molar-refractivity contribution in [1.82, 2.24) is 9.78 Å². The molecule has 1 saturated heterocycles. The monoisotopic (exact) mass is 242 g/mol. The van der Waals surface area contributed by atoms with Crippen LogP contribution in [-0.4, -0.2) is 28.3 Å². The molecule has 1 aliphatic heterocycles. The molecule has 2 rings (SSSR count). The third-order valence-electron chi connectivity index (χ3n) is 2.70. The first-order valence-electron chi connectivity index (χ1n) is 5.50. The maximum Gasteiger partial charge on any atom is 0.211 e. The normalized spacial score (nSPS) is 20.6. The van der Waals surface area contributed by atoms with Crippen LogP contribution in [0.5, 0.6) is 0 Å². The first-order chi connectivity index (χ1) is 7.61. The highest BCUT2D eigenvalue weighted by Gasteiger charge is 2.29. The van der Waals surface area contributed by atoms with Gasteiger partial charge in [0.2, 0.25) is 5.78 Å². The van der Waals surface area contributed by atoms with Crippen LogP contribution in [0.1, 0.15) is 43.2 Å². The van der Waals surface area contributed by atoms with Gasteiger partial charge in [0.15, 0.2) is 0 Å². The number of aromatic nitrogens is 2. The van der Waals surface area contributed by atoms with Gasteiger partial charge < -0.3 is 4.74 Å². The van der Waals surface area contributed by atoms with Gasteiger partial charge in [-0.2, -0.15) is 5.10 Å². The van der Waals surface area contributed by atoms with Gasteiger partial charge in [-0.1, -0.05) is 11.6 Å². The highest BCUT2D eigenvalue weighted by molar-refractivity contribution is 6.33. The Labute approximate surface area is 99.5 Å². The molecule has 0 radical (unpaired) electrons. The number of hydrogen-bond acceptors (Lipinski definition) is 3. The number of ether oxygens (including phenoxy) is 1. The third kappa shape index (κ3) is 1.99. The molecule has 16 heavy (non-hydrogen) atoms. The Morgan fingerprint density at radius 3 is 3.00 bits per heavy atom. The Bertz CT molecular complexity index is 395. The average Bonchev–Trinajstić information content (AvgIpc) is 2.84.